The number of aromatic amines is 1. The summed E-state index contributed by atoms with van der Waals surface area (Å²) in [6, 6.07) is 12.3. The van der Waals surface area contributed by atoms with Crippen LogP contribution >= 0.6 is 0 Å². The lowest BCUT2D eigenvalue weighted by atomic mass is 10.0. The SMILES string of the molecule is COc1ccc(Nc2nc3c(-c4ncn[nH]4)cccc3c3cnccc23)c(F)c1. The molecule has 29 heavy (non-hydrogen) atoms. The zero-order valence-corrected chi connectivity index (χ0v) is 15.3. The summed E-state index contributed by atoms with van der Waals surface area (Å²) in [5.41, 5.74) is 1.80. The largest absolute Gasteiger partial charge is 0.497 e. The van der Waals surface area contributed by atoms with E-state index in [1.54, 1.807) is 24.5 Å². The minimum atomic E-state index is -0.433. The molecule has 2 aromatic carbocycles. The number of anilines is 2. The highest BCUT2D eigenvalue weighted by Crippen LogP contribution is 2.35. The van der Waals surface area contributed by atoms with Crippen LogP contribution in [0.1, 0.15) is 0 Å². The molecule has 0 fully saturated rings. The minimum absolute atomic E-state index is 0.299. The Hall–Kier alpha value is -4.07. The molecule has 3 aromatic heterocycles. The molecule has 0 aliphatic rings. The second-order valence-electron chi connectivity index (χ2n) is 6.39. The van der Waals surface area contributed by atoms with E-state index in [0.29, 0.717) is 28.6 Å². The topological polar surface area (TPSA) is 88.6 Å². The van der Waals surface area contributed by atoms with Gasteiger partial charge in [0.1, 0.15) is 23.7 Å². The van der Waals surface area contributed by atoms with Crippen LogP contribution in [0.4, 0.5) is 15.9 Å². The van der Waals surface area contributed by atoms with Crippen molar-refractivity contribution in [1.82, 2.24) is 25.1 Å². The molecule has 0 radical (unpaired) electrons. The maximum Gasteiger partial charge on any atom is 0.157 e. The van der Waals surface area contributed by atoms with Gasteiger partial charge < -0.3 is 10.1 Å². The Morgan fingerprint density at radius 3 is 2.79 bits per heavy atom. The Morgan fingerprint density at radius 1 is 1.07 bits per heavy atom. The predicted octanol–water partition coefficient (Wildman–Crippen LogP) is 4.46. The Labute approximate surface area is 164 Å². The van der Waals surface area contributed by atoms with Crippen molar-refractivity contribution in [3.05, 3.63) is 67.0 Å². The summed E-state index contributed by atoms with van der Waals surface area (Å²) in [6.07, 6.45) is 4.91. The van der Waals surface area contributed by atoms with E-state index in [4.69, 9.17) is 9.72 Å². The van der Waals surface area contributed by atoms with Crippen molar-refractivity contribution in [1.29, 1.82) is 0 Å². The molecule has 0 saturated carbocycles. The van der Waals surface area contributed by atoms with Crippen LogP contribution in [0.5, 0.6) is 5.75 Å². The summed E-state index contributed by atoms with van der Waals surface area (Å²) in [5.74, 6) is 1.14. The molecule has 8 heteroatoms. The van der Waals surface area contributed by atoms with Crippen molar-refractivity contribution in [2.45, 2.75) is 0 Å². The average molecular weight is 386 g/mol. The third-order valence-corrected chi connectivity index (χ3v) is 4.73. The summed E-state index contributed by atoms with van der Waals surface area (Å²) in [5, 5.41) is 12.6. The first kappa shape index (κ1) is 17.1. The quantitative estimate of drug-likeness (QED) is 0.443. The first-order valence-corrected chi connectivity index (χ1v) is 8.87. The molecular weight excluding hydrogens is 371 g/mol. The lowest BCUT2D eigenvalue weighted by Gasteiger charge is -2.14. The number of halogens is 1. The number of nitrogens with zero attached hydrogens (tertiary/aromatic N) is 4. The molecule has 0 aliphatic carbocycles. The average Bonchev–Trinajstić information content (AvgIpc) is 3.29. The number of fused-ring (bicyclic) bond motifs is 3. The Bertz CT molecular complexity index is 1340. The molecule has 142 valence electrons. The van der Waals surface area contributed by atoms with Gasteiger partial charge in [-0.1, -0.05) is 12.1 Å². The molecule has 5 aromatic rings. The number of hydrogen-bond donors (Lipinski definition) is 2. The van der Waals surface area contributed by atoms with Gasteiger partial charge in [0.15, 0.2) is 5.82 Å². The maximum atomic E-state index is 14.5. The van der Waals surface area contributed by atoms with Crippen molar-refractivity contribution >= 4 is 33.2 Å². The predicted molar refractivity (Wildman–Crippen MR) is 109 cm³/mol. The zero-order chi connectivity index (χ0) is 19.8. The van der Waals surface area contributed by atoms with E-state index in [9.17, 15) is 4.39 Å². The summed E-state index contributed by atoms with van der Waals surface area (Å²) in [4.78, 5) is 13.3. The molecule has 0 amide bonds. The van der Waals surface area contributed by atoms with Gasteiger partial charge in [0.25, 0.3) is 0 Å². The number of benzene rings is 2. The number of pyridine rings is 2. The Morgan fingerprint density at radius 2 is 2.00 bits per heavy atom. The Kier molecular flexibility index (Phi) is 4.02. The summed E-state index contributed by atoms with van der Waals surface area (Å²) in [6.45, 7) is 0. The zero-order valence-electron chi connectivity index (χ0n) is 15.3. The van der Waals surface area contributed by atoms with Crippen LogP contribution < -0.4 is 10.1 Å². The van der Waals surface area contributed by atoms with E-state index in [1.807, 2.05) is 24.3 Å². The fourth-order valence-electron chi connectivity index (χ4n) is 3.34. The lowest BCUT2D eigenvalue weighted by Crippen LogP contribution is -2.00. The van der Waals surface area contributed by atoms with Gasteiger partial charge in [0.05, 0.1) is 18.3 Å². The van der Waals surface area contributed by atoms with Crippen molar-refractivity contribution in [3.8, 4) is 17.1 Å². The fraction of sp³-hybridized carbons (Fsp3) is 0.0476. The molecule has 0 unspecified atom stereocenters. The number of hydrogen-bond acceptors (Lipinski definition) is 6. The van der Waals surface area contributed by atoms with E-state index in [2.05, 4.69) is 25.5 Å². The van der Waals surface area contributed by atoms with Crippen molar-refractivity contribution < 1.29 is 9.13 Å². The van der Waals surface area contributed by atoms with Gasteiger partial charge >= 0.3 is 0 Å². The highest BCUT2D eigenvalue weighted by Gasteiger charge is 2.15. The van der Waals surface area contributed by atoms with Gasteiger partial charge in [-0.05, 0) is 24.3 Å². The summed E-state index contributed by atoms with van der Waals surface area (Å²) in [7, 11) is 1.50. The molecule has 0 atom stereocenters. The van der Waals surface area contributed by atoms with Crippen LogP contribution in [-0.2, 0) is 0 Å². The van der Waals surface area contributed by atoms with E-state index in [0.717, 1.165) is 21.7 Å². The van der Waals surface area contributed by atoms with Crippen LogP contribution in [0.2, 0.25) is 0 Å². The number of aromatic nitrogens is 5. The smallest absolute Gasteiger partial charge is 0.157 e. The summed E-state index contributed by atoms with van der Waals surface area (Å²) < 4.78 is 19.6. The van der Waals surface area contributed by atoms with E-state index in [1.165, 1.54) is 19.5 Å². The van der Waals surface area contributed by atoms with Crippen molar-refractivity contribution in [2.75, 3.05) is 12.4 Å². The Balaban J connectivity index is 1.75. The first-order valence-electron chi connectivity index (χ1n) is 8.87. The van der Waals surface area contributed by atoms with E-state index < -0.39 is 5.82 Å². The monoisotopic (exact) mass is 386 g/mol. The van der Waals surface area contributed by atoms with E-state index >= 15 is 0 Å². The van der Waals surface area contributed by atoms with Crippen LogP contribution in [0.25, 0.3) is 33.1 Å². The second-order valence-corrected chi connectivity index (χ2v) is 6.39. The molecule has 7 nitrogen and oxygen atoms in total. The highest BCUT2D eigenvalue weighted by molar-refractivity contribution is 6.13. The number of H-pyrrole nitrogens is 1. The van der Waals surface area contributed by atoms with Crippen LogP contribution in [0.3, 0.4) is 0 Å². The van der Waals surface area contributed by atoms with Crippen LogP contribution in [0, 0.1) is 5.82 Å². The van der Waals surface area contributed by atoms with Gasteiger partial charge in [0, 0.05) is 40.2 Å². The highest BCUT2D eigenvalue weighted by atomic mass is 19.1. The number of methoxy groups -OCH3 is 1. The van der Waals surface area contributed by atoms with Gasteiger partial charge in [-0.25, -0.2) is 14.4 Å². The van der Waals surface area contributed by atoms with Crippen molar-refractivity contribution in [2.24, 2.45) is 0 Å². The molecule has 3 heterocycles. The molecule has 0 aliphatic heterocycles. The molecule has 2 N–H and O–H groups in total. The lowest BCUT2D eigenvalue weighted by molar-refractivity contribution is 0.411. The van der Waals surface area contributed by atoms with Gasteiger partial charge in [-0.2, -0.15) is 5.10 Å². The van der Waals surface area contributed by atoms with E-state index in [-0.39, 0.29) is 0 Å². The second kappa shape index (κ2) is 6.83. The maximum absolute atomic E-state index is 14.5. The normalized spacial score (nSPS) is 11.1. The minimum Gasteiger partial charge on any atom is -0.497 e. The summed E-state index contributed by atoms with van der Waals surface area (Å²) >= 11 is 0. The third-order valence-electron chi connectivity index (χ3n) is 4.73. The number of rotatable bonds is 4. The number of nitrogens with one attached hydrogen (secondary N) is 2. The van der Waals surface area contributed by atoms with Crippen LogP contribution in [-0.4, -0.2) is 32.3 Å². The van der Waals surface area contributed by atoms with Gasteiger partial charge in [-0.3, -0.25) is 10.1 Å². The third kappa shape index (κ3) is 2.91. The molecular formula is C21H15FN6O. The molecule has 0 saturated heterocycles. The van der Waals surface area contributed by atoms with Crippen molar-refractivity contribution in [3.63, 3.8) is 0 Å². The number of para-hydroxylation sites is 1. The van der Waals surface area contributed by atoms with Gasteiger partial charge in [0.2, 0.25) is 0 Å². The van der Waals surface area contributed by atoms with Gasteiger partial charge in [-0.15, -0.1) is 0 Å². The molecule has 5 rings (SSSR count). The number of ether oxygens (including phenoxy) is 1. The standard InChI is InChI=1S/C21H15FN6O/c1-29-12-5-6-18(17(22)9-12)26-21-14-7-8-23-10-16(14)13-3-2-4-15(19(13)27-21)20-24-11-25-28-20/h2-11H,1H3,(H,26,27)(H,24,25,28). The molecule has 0 spiro atoms. The molecule has 0 bridgehead atoms. The van der Waals surface area contributed by atoms with Crippen LogP contribution in [0.15, 0.2) is 61.2 Å². The fourth-order valence-corrected chi connectivity index (χ4v) is 3.34. The first-order chi connectivity index (χ1) is 14.2.